The average molecular weight is 519 g/mol. The van der Waals surface area contributed by atoms with Gasteiger partial charge in [-0.25, -0.2) is 9.97 Å². The lowest BCUT2D eigenvalue weighted by Crippen LogP contribution is -2.50. The van der Waals surface area contributed by atoms with E-state index in [9.17, 15) is 4.79 Å². The predicted molar refractivity (Wildman–Crippen MR) is 126 cm³/mol. The van der Waals surface area contributed by atoms with Crippen molar-refractivity contribution in [3.63, 3.8) is 0 Å². The van der Waals surface area contributed by atoms with Gasteiger partial charge in [-0.3, -0.25) is 9.79 Å². The van der Waals surface area contributed by atoms with Gasteiger partial charge in [-0.2, -0.15) is 0 Å². The molecule has 29 heavy (non-hydrogen) atoms. The van der Waals surface area contributed by atoms with Gasteiger partial charge < -0.3 is 25.2 Å². The molecule has 10 heteroatoms. The lowest BCUT2D eigenvalue weighted by Gasteiger charge is -2.34. The summed E-state index contributed by atoms with van der Waals surface area (Å²) in [7, 11) is 1.74. The van der Waals surface area contributed by atoms with Crippen LogP contribution in [0.25, 0.3) is 0 Å². The number of hydrogen-bond donors (Lipinski definition) is 2. The first-order valence-electron chi connectivity index (χ1n) is 10.1. The van der Waals surface area contributed by atoms with E-state index in [0.717, 1.165) is 57.6 Å². The Morgan fingerprint density at radius 1 is 1.14 bits per heavy atom. The number of unbranched alkanes of at least 4 members (excludes halogenated alkanes) is 1. The number of halogens is 1. The van der Waals surface area contributed by atoms with Crippen molar-refractivity contribution in [3.05, 3.63) is 18.5 Å². The molecule has 0 aliphatic carbocycles. The van der Waals surface area contributed by atoms with E-state index in [0.29, 0.717) is 26.1 Å². The van der Waals surface area contributed by atoms with Crippen LogP contribution in [0.15, 0.2) is 23.5 Å². The highest BCUT2D eigenvalue weighted by Crippen LogP contribution is 2.10. The molecule has 1 fully saturated rings. The second-order valence-electron chi connectivity index (χ2n) is 6.50. The van der Waals surface area contributed by atoms with Gasteiger partial charge in [-0.15, -0.1) is 24.0 Å². The summed E-state index contributed by atoms with van der Waals surface area (Å²) in [5.74, 6) is 1.62. The number of carbonyl (C=O) groups is 1. The number of guanidine groups is 1. The van der Waals surface area contributed by atoms with Crippen molar-refractivity contribution in [3.8, 4) is 0 Å². The molecule has 2 heterocycles. The van der Waals surface area contributed by atoms with E-state index in [2.05, 4.69) is 30.5 Å². The molecule has 0 radical (unpaired) electrons. The zero-order valence-electron chi connectivity index (χ0n) is 17.5. The van der Waals surface area contributed by atoms with Crippen molar-refractivity contribution in [2.45, 2.75) is 26.2 Å². The molecule has 0 saturated carbocycles. The number of ether oxygens (including phenoxy) is 1. The van der Waals surface area contributed by atoms with E-state index in [4.69, 9.17) is 4.74 Å². The molecule has 9 nitrogen and oxygen atoms in total. The molecule has 1 amide bonds. The highest BCUT2D eigenvalue weighted by Gasteiger charge is 2.22. The number of nitrogens with zero attached hydrogens (tertiary/aromatic N) is 5. The normalized spacial score (nSPS) is 14.3. The summed E-state index contributed by atoms with van der Waals surface area (Å²) in [5, 5.41) is 6.47. The van der Waals surface area contributed by atoms with Crippen LogP contribution in [0.1, 0.15) is 26.2 Å². The molecule has 2 rings (SSSR count). The lowest BCUT2D eigenvalue weighted by atomic mass is 10.3. The van der Waals surface area contributed by atoms with Gasteiger partial charge in [-0.05, 0) is 25.8 Å². The van der Waals surface area contributed by atoms with Crippen LogP contribution in [0.3, 0.4) is 0 Å². The lowest BCUT2D eigenvalue weighted by molar-refractivity contribution is -0.131. The quantitative estimate of drug-likeness (QED) is 0.207. The molecule has 1 aliphatic rings. The fourth-order valence-electron chi connectivity index (χ4n) is 2.96. The van der Waals surface area contributed by atoms with Crippen molar-refractivity contribution < 1.29 is 9.53 Å². The van der Waals surface area contributed by atoms with E-state index in [-0.39, 0.29) is 29.9 Å². The maximum absolute atomic E-state index is 12.4. The second kappa shape index (κ2) is 15.2. The monoisotopic (exact) mass is 519 g/mol. The minimum atomic E-state index is 0. The molecule has 0 bridgehead atoms. The highest BCUT2D eigenvalue weighted by atomic mass is 127. The van der Waals surface area contributed by atoms with Gasteiger partial charge in [0, 0.05) is 78.3 Å². The summed E-state index contributed by atoms with van der Waals surface area (Å²) < 4.78 is 5.32. The molecule has 164 valence electrons. The first-order chi connectivity index (χ1) is 13.7. The Morgan fingerprint density at radius 2 is 1.83 bits per heavy atom. The summed E-state index contributed by atoms with van der Waals surface area (Å²) >= 11 is 0. The summed E-state index contributed by atoms with van der Waals surface area (Å²) in [6.07, 6.45) is 5.98. The summed E-state index contributed by atoms with van der Waals surface area (Å²) in [6, 6.07) is 1.81. The van der Waals surface area contributed by atoms with Crippen LogP contribution < -0.4 is 15.5 Å². The number of piperazine rings is 1. The predicted octanol–water partition coefficient (Wildman–Crippen LogP) is 1.12. The molecule has 1 aromatic rings. The Morgan fingerprint density at radius 3 is 2.48 bits per heavy atom. The van der Waals surface area contributed by atoms with Crippen molar-refractivity contribution in [2.24, 2.45) is 4.99 Å². The van der Waals surface area contributed by atoms with Crippen LogP contribution in [-0.2, 0) is 9.53 Å². The largest absolute Gasteiger partial charge is 0.382 e. The van der Waals surface area contributed by atoms with Gasteiger partial charge in [0.05, 0.1) is 0 Å². The number of amides is 1. The Hall–Kier alpha value is -1.69. The zero-order chi connectivity index (χ0) is 20.0. The molecule has 1 saturated heterocycles. The molecular weight excluding hydrogens is 485 g/mol. The second-order valence-corrected chi connectivity index (χ2v) is 6.50. The van der Waals surface area contributed by atoms with Crippen molar-refractivity contribution in [1.29, 1.82) is 0 Å². The van der Waals surface area contributed by atoms with Crippen molar-refractivity contribution in [2.75, 3.05) is 64.4 Å². The van der Waals surface area contributed by atoms with Gasteiger partial charge in [-0.1, -0.05) is 0 Å². The fraction of sp³-hybridized carbons (Fsp3) is 0.684. The third kappa shape index (κ3) is 9.57. The third-order valence-electron chi connectivity index (χ3n) is 4.53. The van der Waals surface area contributed by atoms with Crippen LogP contribution in [-0.4, -0.2) is 86.3 Å². The van der Waals surface area contributed by atoms with Crippen LogP contribution >= 0.6 is 24.0 Å². The van der Waals surface area contributed by atoms with Gasteiger partial charge in [0.25, 0.3) is 0 Å². The maximum Gasteiger partial charge on any atom is 0.225 e. The number of carbonyl (C=O) groups excluding carboxylic acids is 1. The van der Waals surface area contributed by atoms with E-state index < -0.39 is 0 Å². The first kappa shape index (κ1) is 25.3. The number of aromatic nitrogens is 2. The van der Waals surface area contributed by atoms with Crippen molar-refractivity contribution >= 4 is 41.8 Å². The molecular formula is C19H34IN7O2. The Kier molecular flexibility index (Phi) is 13.3. The molecule has 0 atom stereocenters. The van der Waals surface area contributed by atoms with Gasteiger partial charge >= 0.3 is 0 Å². The number of nitrogens with one attached hydrogen (secondary N) is 2. The molecule has 1 aliphatic heterocycles. The number of aliphatic imine (C=N–C) groups is 1. The van der Waals surface area contributed by atoms with E-state index >= 15 is 0 Å². The highest BCUT2D eigenvalue weighted by molar-refractivity contribution is 14.0. The number of anilines is 1. The van der Waals surface area contributed by atoms with Gasteiger partial charge in [0.1, 0.15) is 0 Å². The van der Waals surface area contributed by atoms with Gasteiger partial charge in [0.15, 0.2) is 5.96 Å². The Bertz CT molecular complexity index is 595. The van der Waals surface area contributed by atoms with E-state index in [1.807, 2.05) is 11.8 Å². The number of rotatable bonds is 10. The summed E-state index contributed by atoms with van der Waals surface area (Å²) in [6.45, 7) is 7.88. The van der Waals surface area contributed by atoms with Crippen LogP contribution in [0.4, 0.5) is 5.95 Å². The first-order valence-corrected chi connectivity index (χ1v) is 10.1. The van der Waals surface area contributed by atoms with E-state index in [1.165, 1.54) is 0 Å². The molecule has 1 aromatic heterocycles. The smallest absolute Gasteiger partial charge is 0.225 e. The third-order valence-corrected chi connectivity index (χ3v) is 4.53. The standard InChI is InChI=1S/C19H33N7O2.HI/c1-3-28-16-5-4-8-21-18(20-2)22-11-7-17(27)25-12-14-26(15-13-25)19-23-9-6-10-24-19;/h6,9-10H,3-5,7-8,11-16H2,1-2H3,(H2,20,21,22);1H. The molecule has 0 spiro atoms. The van der Waals surface area contributed by atoms with Crippen LogP contribution in [0, 0.1) is 0 Å². The Balaban J connectivity index is 0.00000420. The Labute approximate surface area is 190 Å². The minimum absolute atomic E-state index is 0. The zero-order valence-corrected chi connectivity index (χ0v) is 19.8. The van der Waals surface area contributed by atoms with Gasteiger partial charge in [0.2, 0.25) is 11.9 Å². The number of hydrogen-bond acceptors (Lipinski definition) is 6. The summed E-state index contributed by atoms with van der Waals surface area (Å²) in [4.78, 5) is 29.2. The topological polar surface area (TPSA) is 95.0 Å². The average Bonchev–Trinajstić information content (AvgIpc) is 2.75. The molecule has 0 aromatic carbocycles. The van der Waals surface area contributed by atoms with E-state index in [1.54, 1.807) is 25.5 Å². The molecule has 0 unspecified atom stereocenters. The van der Waals surface area contributed by atoms with Crippen LogP contribution in [0.2, 0.25) is 0 Å². The van der Waals surface area contributed by atoms with Crippen molar-refractivity contribution in [1.82, 2.24) is 25.5 Å². The fourth-order valence-corrected chi connectivity index (χ4v) is 2.96. The minimum Gasteiger partial charge on any atom is -0.382 e. The van der Waals surface area contributed by atoms with Crippen LogP contribution in [0.5, 0.6) is 0 Å². The molecule has 2 N–H and O–H groups in total. The SMILES string of the molecule is CCOCCCCNC(=NC)NCCC(=O)N1CCN(c2ncccn2)CC1.I. The summed E-state index contributed by atoms with van der Waals surface area (Å²) in [5.41, 5.74) is 0. The maximum atomic E-state index is 12.4.